The summed E-state index contributed by atoms with van der Waals surface area (Å²) in [6, 6.07) is 11.5. The molecule has 0 bridgehead atoms. The number of nitrogens with zero attached hydrogens (tertiary/aromatic N) is 2. The van der Waals surface area contributed by atoms with Gasteiger partial charge in [0, 0.05) is 36.3 Å². The Morgan fingerprint density at radius 2 is 2.08 bits per heavy atom. The van der Waals surface area contributed by atoms with E-state index in [1.54, 1.807) is 0 Å². The highest BCUT2D eigenvalue weighted by Crippen LogP contribution is 2.33. The maximum absolute atomic E-state index is 11.1. The van der Waals surface area contributed by atoms with E-state index in [1.165, 1.54) is 23.8 Å². The van der Waals surface area contributed by atoms with E-state index in [0.29, 0.717) is 12.1 Å². The van der Waals surface area contributed by atoms with Crippen LogP contribution in [-0.4, -0.2) is 46.1 Å². The molecule has 2 aromatic rings. The zero-order valence-corrected chi connectivity index (χ0v) is 15.3. The molecule has 2 aliphatic rings. The van der Waals surface area contributed by atoms with E-state index >= 15 is 0 Å². The minimum absolute atomic E-state index is 0.185. The second-order valence-electron chi connectivity index (χ2n) is 7.95. The van der Waals surface area contributed by atoms with Crippen LogP contribution in [0.4, 0.5) is 0 Å². The Balaban J connectivity index is 1.28. The normalized spacial score (nSPS) is 22.5. The van der Waals surface area contributed by atoms with Gasteiger partial charge in [-0.15, -0.1) is 0 Å². The number of nitrogens with one attached hydrogen (secondary N) is 1. The van der Waals surface area contributed by atoms with Gasteiger partial charge < -0.3 is 10.4 Å². The lowest BCUT2D eigenvalue weighted by Gasteiger charge is -2.43. The second-order valence-corrected chi connectivity index (χ2v) is 7.95. The topological polar surface area (TPSA) is 65.5 Å². The summed E-state index contributed by atoms with van der Waals surface area (Å²) >= 11 is 0. The number of carbonyl (C=O) groups is 1. The van der Waals surface area contributed by atoms with Crippen molar-refractivity contribution in [2.75, 3.05) is 13.1 Å². The van der Waals surface area contributed by atoms with Gasteiger partial charge in [-0.1, -0.05) is 12.1 Å². The maximum Gasteiger partial charge on any atom is 0.317 e. The molecule has 0 atom stereocenters. The van der Waals surface area contributed by atoms with Crippen molar-refractivity contribution in [3.05, 3.63) is 41.6 Å². The molecular weight excluding hydrogens is 326 g/mol. The summed E-state index contributed by atoms with van der Waals surface area (Å²) in [6.07, 6.45) is 4.63. The van der Waals surface area contributed by atoms with Gasteiger partial charge in [-0.25, -0.2) is 0 Å². The van der Waals surface area contributed by atoms with Crippen LogP contribution in [0.5, 0.6) is 0 Å². The Hall–Kier alpha value is -1.98. The Morgan fingerprint density at radius 3 is 2.81 bits per heavy atom. The molecule has 2 saturated carbocycles. The van der Waals surface area contributed by atoms with E-state index in [9.17, 15) is 4.79 Å². The SMILES string of the molecule is Cc1ccc2cc(CNC3CC(N(CC(=O)O)CC4CC4)C3)ccc2n1. The second kappa shape index (κ2) is 7.33. The number of hydrogen-bond acceptors (Lipinski definition) is 4. The van der Waals surface area contributed by atoms with Gasteiger partial charge >= 0.3 is 5.97 Å². The molecule has 0 spiro atoms. The van der Waals surface area contributed by atoms with E-state index in [-0.39, 0.29) is 6.54 Å². The van der Waals surface area contributed by atoms with Gasteiger partial charge in [-0.3, -0.25) is 14.7 Å². The fourth-order valence-corrected chi connectivity index (χ4v) is 3.85. The van der Waals surface area contributed by atoms with E-state index in [0.717, 1.165) is 43.1 Å². The number of aliphatic carboxylic acids is 1. The number of pyridine rings is 1. The van der Waals surface area contributed by atoms with Gasteiger partial charge in [0.2, 0.25) is 0 Å². The Kier molecular flexibility index (Phi) is 4.92. The van der Waals surface area contributed by atoms with Gasteiger partial charge in [0.15, 0.2) is 0 Å². The van der Waals surface area contributed by atoms with Crippen molar-refractivity contribution in [2.45, 2.75) is 51.2 Å². The molecule has 2 fully saturated rings. The number of benzene rings is 1. The average Bonchev–Trinajstić information content (AvgIpc) is 3.36. The molecule has 0 unspecified atom stereocenters. The van der Waals surface area contributed by atoms with Crippen molar-refractivity contribution in [2.24, 2.45) is 5.92 Å². The van der Waals surface area contributed by atoms with Crippen LogP contribution in [0.15, 0.2) is 30.3 Å². The highest BCUT2D eigenvalue weighted by Gasteiger charge is 2.36. The van der Waals surface area contributed by atoms with Crippen LogP contribution >= 0.6 is 0 Å². The predicted molar refractivity (Wildman–Crippen MR) is 102 cm³/mol. The molecule has 5 nitrogen and oxygen atoms in total. The van der Waals surface area contributed by atoms with Gasteiger partial charge in [0.05, 0.1) is 12.1 Å². The molecule has 0 radical (unpaired) electrons. The first kappa shape index (κ1) is 17.4. The van der Waals surface area contributed by atoms with E-state index in [2.05, 4.69) is 39.5 Å². The molecule has 2 N–H and O–H groups in total. The van der Waals surface area contributed by atoms with Crippen molar-refractivity contribution in [3.8, 4) is 0 Å². The van der Waals surface area contributed by atoms with Crippen molar-refractivity contribution in [1.29, 1.82) is 0 Å². The van der Waals surface area contributed by atoms with Crippen LogP contribution in [-0.2, 0) is 11.3 Å². The summed E-state index contributed by atoms with van der Waals surface area (Å²) in [7, 11) is 0. The Bertz CT molecular complexity index is 797. The lowest BCUT2D eigenvalue weighted by atomic mass is 9.85. The lowest BCUT2D eigenvalue weighted by molar-refractivity contribution is -0.139. The van der Waals surface area contributed by atoms with Gasteiger partial charge in [-0.2, -0.15) is 0 Å². The Morgan fingerprint density at radius 1 is 1.27 bits per heavy atom. The highest BCUT2D eigenvalue weighted by molar-refractivity contribution is 5.79. The lowest BCUT2D eigenvalue weighted by Crippen LogP contribution is -2.54. The first-order valence-electron chi connectivity index (χ1n) is 9.62. The number of aryl methyl sites for hydroxylation is 1. The van der Waals surface area contributed by atoms with E-state index in [4.69, 9.17) is 5.11 Å². The van der Waals surface area contributed by atoms with Crippen molar-refractivity contribution < 1.29 is 9.90 Å². The third-order valence-electron chi connectivity index (χ3n) is 5.65. The minimum atomic E-state index is -0.706. The molecule has 0 amide bonds. The van der Waals surface area contributed by atoms with E-state index < -0.39 is 5.97 Å². The smallest absolute Gasteiger partial charge is 0.317 e. The summed E-state index contributed by atoms with van der Waals surface area (Å²) in [5.74, 6) is 0.0262. The number of rotatable bonds is 8. The quantitative estimate of drug-likeness (QED) is 0.764. The standard InChI is InChI=1S/C21H27N3O2/c1-14-2-6-17-8-16(5-7-20(17)23-14)11-22-18-9-19(10-18)24(13-21(25)26)12-15-3-4-15/h2,5-8,15,18-19,22H,3-4,9-13H2,1H3,(H,25,26). The number of fused-ring (bicyclic) bond motifs is 1. The van der Waals surface area contributed by atoms with Crippen molar-refractivity contribution in [1.82, 2.24) is 15.2 Å². The van der Waals surface area contributed by atoms with E-state index in [1.807, 2.05) is 13.0 Å². The average molecular weight is 353 g/mol. The Labute approximate surface area is 154 Å². The third kappa shape index (κ3) is 4.22. The third-order valence-corrected chi connectivity index (χ3v) is 5.65. The fourth-order valence-electron chi connectivity index (χ4n) is 3.85. The minimum Gasteiger partial charge on any atom is -0.480 e. The van der Waals surface area contributed by atoms with Crippen LogP contribution in [0.3, 0.4) is 0 Å². The fraction of sp³-hybridized carbons (Fsp3) is 0.524. The van der Waals surface area contributed by atoms with Gasteiger partial charge in [0.1, 0.15) is 0 Å². The molecular formula is C21H27N3O2. The van der Waals surface area contributed by atoms with Gasteiger partial charge in [-0.05, 0) is 62.3 Å². The molecule has 2 aliphatic carbocycles. The molecule has 1 aromatic heterocycles. The molecule has 5 heteroatoms. The van der Waals surface area contributed by atoms with Crippen LogP contribution in [0, 0.1) is 12.8 Å². The number of hydrogen-bond donors (Lipinski definition) is 2. The monoisotopic (exact) mass is 353 g/mol. The predicted octanol–water partition coefficient (Wildman–Crippen LogP) is 2.96. The molecule has 1 aromatic carbocycles. The molecule has 1 heterocycles. The number of carboxylic acids is 1. The molecule has 138 valence electrons. The summed E-state index contributed by atoms with van der Waals surface area (Å²) in [5, 5.41) is 13.9. The molecule has 4 rings (SSSR count). The number of carboxylic acid groups (broad SMARTS) is 1. The van der Waals surface area contributed by atoms with Crippen molar-refractivity contribution in [3.63, 3.8) is 0 Å². The summed E-state index contributed by atoms with van der Waals surface area (Å²) in [4.78, 5) is 17.8. The number of aromatic nitrogens is 1. The first-order valence-corrected chi connectivity index (χ1v) is 9.62. The molecule has 0 saturated heterocycles. The highest BCUT2D eigenvalue weighted by atomic mass is 16.4. The van der Waals surface area contributed by atoms with Crippen LogP contribution in [0.2, 0.25) is 0 Å². The van der Waals surface area contributed by atoms with Crippen molar-refractivity contribution >= 4 is 16.9 Å². The zero-order valence-electron chi connectivity index (χ0n) is 15.3. The van der Waals surface area contributed by atoms with Crippen LogP contribution < -0.4 is 5.32 Å². The zero-order chi connectivity index (χ0) is 18.1. The molecule has 0 aliphatic heterocycles. The summed E-state index contributed by atoms with van der Waals surface area (Å²) < 4.78 is 0. The summed E-state index contributed by atoms with van der Waals surface area (Å²) in [6.45, 7) is 4.01. The molecule has 26 heavy (non-hydrogen) atoms. The van der Waals surface area contributed by atoms with Crippen LogP contribution in [0.1, 0.15) is 36.9 Å². The summed E-state index contributed by atoms with van der Waals surface area (Å²) in [5.41, 5.74) is 3.36. The van der Waals surface area contributed by atoms with Crippen LogP contribution in [0.25, 0.3) is 10.9 Å². The largest absolute Gasteiger partial charge is 0.480 e. The maximum atomic E-state index is 11.1. The van der Waals surface area contributed by atoms with Gasteiger partial charge in [0.25, 0.3) is 0 Å². The first-order chi connectivity index (χ1) is 12.6.